The van der Waals surface area contributed by atoms with Gasteiger partial charge < -0.3 is 10.6 Å². The van der Waals surface area contributed by atoms with E-state index in [-0.39, 0.29) is 11.6 Å². The van der Waals surface area contributed by atoms with E-state index in [0.717, 1.165) is 0 Å². The summed E-state index contributed by atoms with van der Waals surface area (Å²) in [6, 6.07) is 7.12. The number of anilines is 2. The quantitative estimate of drug-likeness (QED) is 0.652. The van der Waals surface area contributed by atoms with Crippen LogP contribution in [0, 0.1) is 0 Å². The van der Waals surface area contributed by atoms with E-state index in [1.807, 2.05) is 0 Å². The van der Waals surface area contributed by atoms with Crippen molar-refractivity contribution < 1.29 is 9.59 Å². The number of carbonyl (C=O) groups excluding carboxylic acids is 2. The van der Waals surface area contributed by atoms with E-state index < -0.39 is 0 Å². The first kappa shape index (κ1) is 15.2. The van der Waals surface area contributed by atoms with Crippen molar-refractivity contribution in [2.45, 2.75) is 0 Å². The summed E-state index contributed by atoms with van der Waals surface area (Å²) < 4.78 is 1.24. The second-order valence-corrected chi connectivity index (χ2v) is 6.56. The van der Waals surface area contributed by atoms with Crippen LogP contribution in [0.1, 0.15) is 31.8 Å². The predicted octanol–water partition coefficient (Wildman–Crippen LogP) is 4.07. The van der Waals surface area contributed by atoms with Crippen molar-refractivity contribution in [3.8, 4) is 0 Å². The summed E-state index contributed by atoms with van der Waals surface area (Å²) in [4.78, 5) is 26.0. The molecule has 0 amide bonds. The largest absolute Gasteiger partial charge is 0.388 e. The zero-order chi connectivity index (χ0) is 16.0. The summed E-state index contributed by atoms with van der Waals surface area (Å²) >= 11 is 6.79. The molecule has 2 aromatic carbocycles. The van der Waals surface area contributed by atoms with E-state index >= 15 is 0 Å². The minimum atomic E-state index is -0.169. The number of carbonyl (C=O) groups is 2. The summed E-state index contributed by atoms with van der Waals surface area (Å²) in [7, 11) is 3.47. The average molecular weight is 424 g/mol. The molecule has 0 heterocycles. The van der Waals surface area contributed by atoms with Gasteiger partial charge >= 0.3 is 0 Å². The number of nitrogens with one attached hydrogen (secondary N) is 2. The molecule has 0 spiro atoms. The van der Waals surface area contributed by atoms with Gasteiger partial charge in [-0.25, -0.2) is 0 Å². The van der Waals surface area contributed by atoms with E-state index in [2.05, 4.69) is 42.5 Å². The molecule has 0 radical (unpaired) electrons. The minimum absolute atomic E-state index is 0.166. The van der Waals surface area contributed by atoms with Crippen LogP contribution in [0.3, 0.4) is 0 Å². The van der Waals surface area contributed by atoms with Gasteiger partial charge in [0.2, 0.25) is 0 Å². The van der Waals surface area contributed by atoms with Crippen molar-refractivity contribution in [1.29, 1.82) is 0 Å². The number of benzene rings is 2. The van der Waals surface area contributed by atoms with Gasteiger partial charge in [-0.3, -0.25) is 9.59 Å². The van der Waals surface area contributed by atoms with Crippen LogP contribution in [-0.4, -0.2) is 25.7 Å². The maximum Gasteiger partial charge on any atom is 0.198 e. The van der Waals surface area contributed by atoms with Crippen LogP contribution in [0.4, 0.5) is 11.4 Å². The minimum Gasteiger partial charge on any atom is -0.388 e. The van der Waals surface area contributed by atoms with Crippen molar-refractivity contribution in [1.82, 2.24) is 0 Å². The fourth-order valence-electron chi connectivity index (χ4n) is 2.74. The molecule has 1 aliphatic rings. The molecule has 0 unspecified atom stereocenters. The third-order valence-corrected chi connectivity index (χ3v) is 5.08. The lowest BCUT2D eigenvalue weighted by atomic mass is 9.82. The van der Waals surface area contributed by atoms with E-state index in [1.54, 1.807) is 38.4 Å². The summed E-state index contributed by atoms with van der Waals surface area (Å²) in [6.07, 6.45) is 0. The predicted molar refractivity (Wildman–Crippen MR) is 94.2 cm³/mol. The highest BCUT2D eigenvalue weighted by Crippen LogP contribution is 2.41. The number of fused-ring (bicyclic) bond motifs is 2. The fraction of sp³-hybridized carbons (Fsp3) is 0.125. The molecule has 1 aliphatic carbocycles. The lowest BCUT2D eigenvalue weighted by molar-refractivity contribution is 0.0979. The SMILES string of the molecule is CNc1ccc(Br)c2c1C(=O)c1c(NC)ccc(Br)c1C2=O. The molecule has 2 N–H and O–H groups in total. The number of hydrogen-bond acceptors (Lipinski definition) is 4. The molecule has 0 aliphatic heterocycles. The van der Waals surface area contributed by atoms with Crippen LogP contribution in [0.5, 0.6) is 0 Å². The molecule has 0 aromatic heterocycles. The lowest BCUT2D eigenvalue weighted by Crippen LogP contribution is -2.24. The Labute approximate surface area is 144 Å². The van der Waals surface area contributed by atoms with Gasteiger partial charge in [0.25, 0.3) is 0 Å². The van der Waals surface area contributed by atoms with Crippen molar-refractivity contribution in [2.24, 2.45) is 0 Å². The Morgan fingerprint density at radius 3 is 1.41 bits per heavy atom. The topological polar surface area (TPSA) is 58.2 Å². The first-order valence-electron chi connectivity index (χ1n) is 6.61. The molecule has 0 saturated heterocycles. The first-order valence-corrected chi connectivity index (χ1v) is 8.19. The molecule has 22 heavy (non-hydrogen) atoms. The number of hydrogen-bond donors (Lipinski definition) is 2. The van der Waals surface area contributed by atoms with Crippen LogP contribution < -0.4 is 10.6 Å². The van der Waals surface area contributed by atoms with Gasteiger partial charge in [0.1, 0.15) is 0 Å². The molecule has 2 aromatic rings. The van der Waals surface area contributed by atoms with Crippen molar-refractivity contribution in [3.05, 3.63) is 55.5 Å². The highest BCUT2D eigenvalue weighted by Gasteiger charge is 2.36. The Bertz CT molecular complexity index is 766. The van der Waals surface area contributed by atoms with Crippen LogP contribution in [-0.2, 0) is 0 Å². The van der Waals surface area contributed by atoms with Crippen molar-refractivity contribution in [2.75, 3.05) is 24.7 Å². The second kappa shape index (κ2) is 5.52. The molecule has 0 fully saturated rings. The maximum atomic E-state index is 13.0. The van der Waals surface area contributed by atoms with Crippen LogP contribution in [0.15, 0.2) is 33.2 Å². The van der Waals surface area contributed by atoms with Crippen molar-refractivity contribution in [3.63, 3.8) is 0 Å². The third-order valence-electron chi connectivity index (χ3n) is 3.76. The Morgan fingerprint density at radius 2 is 1.05 bits per heavy atom. The van der Waals surface area contributed by atoms with E-state index in [1.165, 1.54) is 0 Å². The zero-order valence-electron chi connectivity index (χ0n) is 11.9. The second-order valence-electron chi connectivity index (χ2n) is 4.85. The summed E-state index contributed by atoms with van der Waals surface area (Å²) in [5.41, 5.74) is 2.90. The third kappa shape index (κ3) is 2.01. The molecule has 0 bridgehead atoms. The van der Waals surface area contributed by atoms with Crippen LogP contribution in [0.2, 0.25) is 0 Å². The standard InChI is InChI=1S/C16H12Br2N2O2/c1-19-9-5-3-7(17)11-13(9)16(22)14-10(20-2)6-4-8(18)12(14)15(11)21/h3-6,19-20H,1-2H3. The number of halogens is 2. The Kier molecular flexibility index (Phi) is 3.82. The van der Waals surface area contributed by atoms with Gasteiger partial charge in [-0.05, 0) is 24.3 Å². The molecular weight excluding hydrogens is 412 g/mol. The Hall–Kier alpha value is -1.66. The summed E-state index contributed by atoms with van der Waals surface area (Å²) in [6.45, 7) is 0. The molecular formula is C16H12Br2N2O2. The van der Waals surface area contributed by atoms with Gasteiger partial charge in [-0.2, -0.15) is 0 Å². The van der Waals surface area contributed by atoms with Crippen LogP contribution >= 0.6 is 31.9 Å². The molecule has 112 valence electrons. The number of ketones is 2. The summed E-state index contributed by atoms with van der Waals surface area (Å²) in [5.74, 6) is -0.335. The number of rotatable bonds is 2. The highest BCUT2D eigenvalue weighted by atomic mass is 79.9. The van der Waals surface area contributed by atoms with Gasteiger partial charge in [0.15, 0.2) is 11.6 Å². The molecule has 3 rings (SSSR count). The van der Waals surface area contributed by atoms with E-state index in [9.17, 15) is 9.59 Å². The monoisotopic (exact) mass is 422 g/mol. The molecule has 0 saturated carbocycles. The molecule has 4 nitrogen and oxygen atoms in total. The Morgan fingerprint density at radius 1 is 0.682 bits per heavy atom. The Balaban J connectivity index is 2.43. The normalized spacial score (nSPS) is 12.7. The van der Waals surface area contributed by atoms with Crippen LogP contribution in [0.25, 0.3) is 0 Å². The van der Waals surface area contributed by atoms with Gasteiger partial charge in [0.05, 0.1) is 22.3 Å². The van der Waals surface area contributed by atoms with E-state index in [0.29, 0.717) is 42.6 Å². The molecule has 0 atom stereocenters. The van der Waals surface area contributed by atoms with Crippen molar-refractivity contribution >= 4 is 54.8 Å². The summed E-state index contributed by atoms with van der Waals surface area (Å²) in [5, 5.41) is 5.98. The smallest absolute Gasteiger partial charge is 0.198 e. The van der Waals surface area contributed by atoms with Gasteiger partial charge in [-0.15, -0.1) is 0 Å². The van der Waals surface area contributed by atoms with Gasteiger partial charge in [0, 0.05) is 34.4 Å². The highest BCUT2D eigenvalue weighted by molar-refractivity contribution is 9.11. The lowest BCUT2D eigenvalue weighted by Gasteiger charge is -2.24. The zero-order valence-corrected chi connectivity index (χ0v) is 15.1. The van der Waals surface area contributed by atoms with Gasteiger partial charge in [-0.1, -0.05) is 31.9 Å². The molecule has 6 heteroatoms. The fourth-order valence-corrected chi connectivity index (χ4v) is 3.76. The first-order chi connectivity index (χ1) is 10.5. The average Bonchev–Trinajstić information content (AvgIpc) is 2.52. The maximum absolute atomic E-state index is 13.0. The van der Waals surface area contributed by atoms with E-state index in [4.69, 9.17) is 0 Å².